The molecule has 2 heterocycles. The van der Waals surface area contributed by atoms with E-state index in [1.54, 1.807) is 32.2 Å². The lowest BCUT2D eigenvalue weighted by atomic mass is 9.83. The van der Waals surface area contributed by atoms with Crippen molar-refractivity contribution in [3.8, 4) is 5.75 Å². The van der Waals surface area contributed by atoms with Crippen molar-refractivity contribution in [2.75, 3.05) is 20.8 Å². The smallest absolute Gasteiger partial charge is 0.373 e. The zero-order valence-electron chi connectivity index (χ0n) is 18.3. The van der Waals surface area contributed by atoms with Gasteiger partial charge in [0.15, 0.2) is 0 Å². The molecule has 1 amide bonds. The molecule has 1 unspecified atom stereocenters. The van der Waals surface area contributed by atoms with Crippen molar-refractivity contribution < 1.29 is 33.0 Å². The highest BCUT2D eigenvalue weighted by molar-refractivity contribution is 5.96. The second kappa shape index (κ2) is 10.00. The lowest BCUT2D eigenvalue weighted by Gasteiger charge is -2.34. The Bertz CT molecular complexity index is 1070. The predicted molar refractivity (Wildman–Crippen MR) is 115 cm³/mol. The van der Waals surface area contributed by atoms with Crippen molar-refractivity contribution in [1.82, 2.24) is 4.90 Å². The van der Waals surface area contributed by atoms with Crippen LogP contribution in [0.1, 0.15) is 41.1 Å². The highest BCUT2D eigenvalue weighted by atomic mass is 16.5. The van der Waals surface area contributed by atoms with Gasteiger partial charge in [-0.1, -0.05) is 24.8 Å². The molecule has 0 aliphatic carbocycles. The maximum absolute atomic E-state index is 13.1. The summed E-state index contributed by atoms with van der Waals surface area (Å²) >= 11 is 0. The number of carbonyl (C=O) groups excluding carboxylic acids is 3. The number of allylic oxidation sites excluding steroid dienone is 1. The first-order valence-corrected chi connectivity index (χ1v) is 9.99. The van der Waals surface area contributed by atoms with Gasteiger partial charge < -0.3 is 23.5 Å². The zero-order valence-corrected chi connectivity index (χ0v) is 18.3. The number of ether oxygens (including phenoxy) is 3. The Labute approximate surface area is 186 Å². The van der Waals surface area contributed by atoms with Crippen LogP contribution in [0.5, 0.6) is 5.75 Å². The summed E-state index contributed by atoms with van der Waals surface area (Å²) in [7, 11) is 2.81. The van der Waals surface area contributed by atoms with Crippen LogP contribution < -0.4 is 4.74 Å². The van der Waals surface area contributed by atoms with Gasteiger partial charge in [-0.3, -0.25) is 4.79 Å². The second-order valence-corrected chi connectivity index (χ2v) is 7.16. The fourth-order valence-electron chi connectivity index (χ4n) is 3.65. The molecule has 0 saturated carbocycles. The Morgan fingerprint density at radius 2 is 2.00 bits per heavy atom. The molecule has 0 radical (unpaired) electrons. The number of amides is 1. The van der Waals surface area contributed by atoms with E-state index in [9.17, 15) is 14.4 Å². The Morgan fingerprint density at radius 3 is 2.69 bits per heavy atom. The fourth-order valence-corrected chi connectivity index (χ4v) is 3.65. The molecule has 0 spiro atoms. The second-order valence-electron chi connectivity index (χ2n) is 7.16. The Morgan fingerprint density at radius 1 is 1.22 bits per heavy atom. The molecule has 1 aliphatic rings. The van der Waals surface area contributed by atoms with Crippen LogP contribution >= 0.6 is 0 Å². The number of carbonyl (C=O) groups is 3. The largest absolute Gasteiger partial charge is 0.497 e. The third-order valence-corrected chi connectivity index (χ3v) is 5.23. The molecule has 2 aromatic rings. The monoisotopic (exact) mass is 439 g/mol. The first-order chi connectivity index (χ1) is 15.4. The minimum Gasteiger partial charge on any atom is -0.497 e. The van der Waals surface area contributed by atoms with Crippen molar-refractivity contribution in [3.63, 3.8) is 0 Å². The van der Waals surface area contributed by atoms with Crippen LogP contribution in [0.15, 0.2) is 64.7 Å². The van der Waals surface area contributed by atoms with Crippen LogP contribution in [0.3, 0.4) is 0 Å². The minimum absolute atomic E-state index is 0.0356. The van der Waals surface area contributed by atoms with E-state index in [0.29, 0.717) is 22.8 Å². The number of furan rings is 1. The number of nitrogens with zero attached hydrogens (tertiary/aromatic N) is 1. The van der Waals surface area contributed by atoms with Crippen LogP contribution in [0.4, 0.5) is 0 Å². The molecule has 32 heavy (non-hydrogen) atoms. The maximum Gasteiger partial charge on any atom is 0.373 e. The number of rotatable bonds is 8. The molecule has 0 saturated heterocycles. The molecule has 168 valence electrons. The lowest BCUT2D eigenvalue weighted by Crippen LogP contribution is -2.38. The van der Waals surface area contributed by atoms with E-state index in [-0.39, 0.29) is 31.2 Å². The summed E-state index contributed by atoms with van der Waals surface area (Å²) in [5.41, 5.74) is 1.60. The molecule has 8 heteroatoms. The number of hydrogen-bond donors (Lipinski definition) is 0. The van der Waals surface area contributed by atoms with Crippen molar-refractivity contribution >= 4 is 17.8 Å². The van der Waals surface area contributed by atoms with Gasteiger partial charge in [0.2, 0.25) is 11.7 Å². The average Bonchev–Trinajstić information content (AvgIpc) is 3.28. The summed E-state index contributed by atoms with van der Waals surface area (Å²) < 4.78 is 20.8. The highest BCUT2D eigenvalue weighted by Crippen LogP contribution is 2.38. The van der Waals surface area contributed by atoms with E-state index in [1.165, 1.54) is 24.2 Å². The summed E-state index contributed by atoms with van der Waals surface area (Å²) in [5, 5.41) is 0. The van der Waals surface area contributed by atoms with Gasteiger partial charge in [0.05, 0.1) is 26.3 Å². The minimum atomic E-state index is -0.611. The number of benzene rings is 1. The third-order valence-electron chi connectivity index (χ3n) is 5.23. The van der Waals surface area contributed by atoms with Crippen molar-refractivity contribution in [3.05, 3.63) is 77.4 Å². The van der Waals surface area contributed by atoms with Crippen molar-refractivity contribution in [1.29, 1.82) is 0 Å². The van der Waals surface area contributed by atoms with Crippen LogP contribution in [-0.4, -0.2) is 43.6 Å². The SMILES string of the molecule is C=CCOC(=O)C1=C(C)N(Cc2ccc(C(=O)OC)o2)C(=O)CC1c1cccc(OC)c1. The molecule has 0 fully saturated rings. The summed E-state index contributed by atoms with van der Waals surface area (Å²) in [6, 6.07) is 10.3. The molecule has 3 rings (SSSR count). The molecule has 1 aromatic heterocycles. The number of methoxy groups -OCH3 is 2. The third kappa shape index (κ3) is 4.74. The van der Waals surface area contributed by atoms with Gasteiger partial charge in [-0.25, -0.2) is 9.59 Å². The van der Waals surface area contributed by atoms with E-state index in [0.717, 1.165) is 5.56 Å². The normalized spacial score (nSPS) is 16.0. The molecular weight excluding hydrogens is 414 g/mol. The fraction of sp³-hybridized carbons (Fsp3) is 0.292. The molecule has 1 aliphatic heterocycles. The van der Waals surface area contributed by atoms with Crippen LogP contribution in [-0.2, 0) is 25.6 Å². The van der Waals surface area contributed by atoms with Gasteiger partial charge in [0.1, 0.15) is 18.1 Å². The van der Waals surface area contributed by atoms with Crippen molar-refractivity contribution in [2.45, 2.75) is 25.8 Å². The predicted octanol–water partition coefficient (Wildman–Crippen LogP) is 3.59. The molecule has 8 nitrogen and oxygen atoms in total. The Kier molecular flexibility index (Phi) is 7.14. The van der Waals surface area contributed by atoms with Crippen LogP contribution in [0, 0.1) is 0 Å². The summed E-state index contributed by atoms with van der Waals surface area (Å²) in [4.78, 5) is 39.2. The van der Waals surface area contributed by atoms with E-state index >= 15 is 0 Å². The quantitative estimate of drug-likeness (QED) is 0.458. The molecule has 0 N–H and O–H groups in total. The van der Waals surface area contributed by atoms with Gasteiger partial charge in [-0.05, 0) is 36.8 Å². The van der Waals surface area contributed by atoms with Crippen LogP contribution in [0.25, 0.3) is 0 Å². The standard InChI is InChI=1S/C24H25NO7/c1-5-11-31-24(28)22-15(2)25(14-18-9-10-20(32-18)23(27)30-4)21(26)13-19(22)16-7-6-8-17(12-16)29-3/h5-10,12,19H,1,11,13-14H2,2-4H3. The summed E-state index contributed by atoms with van der Waals surface area (Å²) in [6.45, 7) is 5.38. The van der Waals surface area contributed by atoms with E-state index in [2.05, 4.69) is 11.3 Å². The van der Waals surface area contributed by atoms with Crippen molar-refractivity contribution in [2.24, 2.45) is 0 Å². The van der Waals surface area contributed by atoms with Gasteiger partial charge in [-0.2, -0.15) is 0 Å². The first-order valence-electron chi connectivity index (χ1n) is 9.99. The zero-order chi connectivity index (χ0) is 23.3. The van der Waals surface area contributed by atoms with Gasteiger partial charge in [0.25, 0.3) is 0 Å². The molecular formula is C24H25NO7. The Balaban J connectivity index is 1.99. The number of hydrogen-bond acceptors (Lipinski definition) is 7. The molecule has 1 atom stereocenters. The Hall–Kier alpha value is -3.81. The van der Waals surface area contributed by atoms with E-state index < -0.39 is 17.9 Å². The topological polar surface area (TPSA) is 95.3 Å². The van der Waals surface area contributed by atoms with Gasteiger partial charge in [0, 0.05) is 18.0 Å². The average molecular weight is 439 g/mol. The maximum atomic E-state index is 13.1. The van der Waals surface area contributed by atoms with Crippen LogP contribution in [0.2, 0.25) is 0 Å². The lowest BCUT2D eigenvalue weighted by molar-refractivity contribution is -0.139. The highest BCUT2D eigenvalue weighted by Gasteiger charge is 2.37. The van der Waals surface area contributed by atoms with E-state index in [1.807, 2.05) is 12.1 Å². The van der Waals surface area contributed by atoms with E-state index in [4.69, 9.17) is 13.9 Å². The summed E-state index contributed by atoms with van der Waals surface area (Å²) in [6.07, 6.45) is 1.55. The molecule has 1 aromatic carbocycles. The van der Waals surface area contributed by atoms with Gasteiger partial charge in [-0.15, -0.1) is 0 Å². The first kappa shape index (κ1) is 22.9. The summed E-state index contributed by atoms with van der Waals surface area (Å²) in [5.74, 6) is -0.771. The molecule has 0 bridgehead atoms. The van der Waals surface area contributed by atoms with Gasteiger partial charge >= 0.3 is 11.9 Å². The number of esters is 2.